The van der Waals surface area contributed by atoms with E-state index in [2.05, 4.69) is 20.9 Å². The second-order valence-electron chi connectivity index (χ2n) is 10.1. The lowest BCUT2D eigenvalue weighted by molar-refractivity contribution is -0.117. The molecule has 5 N–H and O–H groups in total. The zero-order valence-electron chi connectivity index (χ0n) is 20.8. The molecule has 2 saturated heterocycles. The third-order valence-corrected chi connectivity index (χ3v) is 9.10. The topological polar surface area (TPSA) is 122 Å². The molecule has 3 unspecified atom stereocenters. The number of pyridine rings is 1. The van der Waals surface area contributed by atoms with Crippen LogP contribution in [0.1, 0.15) is 37.8 Å². The highest BCUT2D eigenvalue weighted by Gasteiger charge is 2.52. The first kappa shape index (κ1) is 24.3. The van der Waals surface area contributed by atoms with Crippen molar-refractivity contribution in [2.75, 3.05) is 11.4 Å². The Balaban J connectivity index is 1.25. The average Bonchev–Trinajstić information content (AvgIpc) is 3.26. The van der Waals surface area contributed by atoms with Crippen LogP contribution < -0.4 is 31.3 Å². The van der Waals surface area contributed by atoms with Crippen molar-refractivity contribution in [1.29, 1.82) is 0 Å². The van der Waals surface area contributed by atoms with Gasteiger partial charge in [-0.1, -0.05) is 42.8 Å². The summed E-state index contributed by atoms with van der Waals surface area (Å²) in [4.78, 5) is 33.9. The molecule has 3 fully saturated rings. The molecule has 9 nitrogen and oxygen atoms in total. The van der Waals surface area contributed by atoms with Gasteiger partial charge in [0.05, 0.1) is 27.7 Å². The Bertz CT molecular complexity index is 1240. The molecule has 10 heteroatoms. The van der Waals surface area contributed by atoms with Gasteiger partial charge in [0.15, 0.2) is 0 Å². The van der Waals surface area contributed by atoms with Crippen LogP contribution >= 0.6 is 11.8 Å². The van der Waals surface area contributed by atoms with Crippen LogP contribution in [-0.4, -0.2) is 47.0 Å². The van der Waals surface area contributed by atoms with Gasteiger partial charge in [-0.05, 0) is 50.9 Å². The predicted molar refractivity (Wildman–Crippen MR) is 143 cm³/mol. The maximum atomic E-state index is 13.5. The predicted octanol–water partition coefficient (Wildman–Crippen LogP) is 3.36. The summed E-state index contributed by atoms with van der Waals surface area (Å²) < 4.78 is 5.89. The monoisotopic (exact) mass is 520 g/mol. The van der Waals surface area contributed by atoms with Gasteiger partial charge in [0.2, 0.25) is 5.88 Å². The number of aryl methyl sites for hydroxylation is 1. The number of aromatic nitrogens is 1. The van der Waals surface area contributed by atoms with E-state index in [1.807, 2.05) is 48.2 Å². The summed E-state index contributed by atoms with van der Waals surface area (Å²) in [6, 6.07) is 12.8. The van der Waals surface area contributed by atoms with Gasteiger partial charge in [-0.2, -0.15) is 0 Å². The highest BCUT2D eigenvalue weighted by molar-refractivity contribution is 8.04. The van der Waals surface area contributed by atoms with E-state index in [-0.39, 0.29) is 41.4 Å². The molecule has 37 heavy (non-hydrogen) atoms. The van der Waals surface area contributed by atoms with Crippen molar-refractivity contribution in [1.82, 2.24) is 20.9 Å². The molecule has 1 aromatic carbocycles. The number of amides is 3. The first-order valence-corrected chi connectivity index (χ1v) is 13.9. The number of para-hydroxylation sites is 1. The van der Waals surface area contributed by atoms with E-state index in [9.17, 15) is 9.59 Å². The lowest BCUT2D eigenvalue weighted by atomic mass is 9.86. The highest BCUT2D eigenvalue weighted by atomic mass is 32.2. The number of carbonyl (C=O) groups is 2. The third kappa shape index (κ3) is 4.58. The molecule has 3 amide bonds. The van der Waals surface area contributed by atoms with Crippen LogP contribution in [0.4, 0.5) is 10.5 Å². The van der Waals surface area contributed by atoms with Gasteiger partial charge in [0, 0.05) is 29.8 Å². The molecule has 2 aromatic rings. The number of anilines is 1. The molecule has 1 aromatic heterocycles. The summed E-state index contributed by atoms with van der Waals surface area (Å²) >= 11 is 1.51. The Hall–Kier alpha value is -3.08. The molecule has 0 spiro atoms. The van der Waals surface area contributed by atoms with E-state index >= 15 is 0 Å². The maximum Gasteiger partial charge on any atom is 0.326 e. The Morgan fingerprint density at radius 1 is 1.16 bits per heavy atom. The fourth-order valence-electron chi connectivity index (χ4n) is 5.93. The van der Waals surface area contributed by atoms with Crippen molar-refractivity contribution in [2.24, 2.45) is 11.7 Å². The summed E-state index contributed by atoms with van der Waals surface area (Å²) in [6.07, 6.45) is 4.77. The Morgan fingerprint density at radius 3 is 2.76 bits per heavy atom. The minimum Gasteiger partial charge on any atom is -0.439 e. The molecular formula is C27H32N6O3S. The van der Waals surface area contributed by atoms with Gasteiger partial charge < -0.3 is 26.4 Å². The minimum atomic E-state index is -0.235. The second-order valence-corrected chi connectivity index (χ2v) is 11.3. The maximum absolute atomic E-state index is 13.5. The third-order valence-electron chi connectivity index (χ3n) is 7.74. The molecule has 4 heterocycles. The van der Waals surface area contributed by atoms with Crippen LogP contribution in [0, 0.1) is 12.8 Å². The van der Waals surface area contributed by atoms with Crippen molar-refractivity contribution >= 4 is 29.4 Å². The molecule has 1 saturated carbocycles. The Labute approximate surface area is 220 Å². The van der Waals surface area contributed by atoms with Gasteiger partial charge in [-0.3, -0.25) is 9.69 Å². The van der Waals surface area contributed by atoms with Crippen LogP contribution in [0.25, 0.3) is 0 Å². The average molecular weight is 521 g/mol. The second kappa shape index (κ2) is 10.00. The van der Waals surface area contributed by atoms with Crippen molar-refractivity contribution in [3.05, 3.63) is 58.8 Å². The quantitative estimate of drug-likeness (QED) is 0.477. The number of hydrogen-bond donors (Lipinski definition) is 4. The SMILES string of the molecule is Cc1nc(Oc2ccccc2)ccc1N1C(=O)NC2=C(C(=O)N[C@@H]3CCCC[C@@H]3N)SC3NCCC1C23. The standard InChI is InChI=1S/C27H32N6O3S/c1-15-19(11-12-21(30-15)36-16-7-3-2-4-8-16)33-20-13-14-29-26-22(20)23(32-27(33)35)24(37-26)25(34)31-18-10-6-5-9-17(18)28/h2-4,7-8,11-12,17-18,20,22,26,29H,5-6,9-10,13-14,28H2,1H3,(H,31,34)(H,32,35)/t17-,18+,20?,22?,26?/m0/s1. The number of carbonyl (C=O) groups excluding carboxylic acids is 2. The first-order valence-electron chi connectivity index (χ1n) is 13.0. The lowest BCUT2D eigenvalue weighted by Gasteiger charge is -2.46. The molecule has 4 aliphatic rings. The van der Waals surface area contributed by atoms with Crippen molar-refractivity contribution in [2.45, 2.75) is 62.5 Å². The first-order chi connectivity index (χ1) is 18.0. The fraction of sp³-hybridized carbons (Fsp3) is 0.444. The smallest absolute Gasteiger partial charge is 0.326 e. The number of thioether (sulfide) groups is 1. The number of ether oxygens (including phenoxy) is 1. The van der Waals surface area contributed by atoms with E-state index in [4.69, 9.17) is 10.5 Å². The zero-order valence-corrected chi connectivity index (χ0v) is 21.6. The van der Waals surface area contributed by atoms with Crippen molar-refractivity contribution in [3.63, 3.8) is 0 Å². The van der Waals surface area contributed by atoms with Crippen LogP contribution in [0.3, 0.4) is 0 Å². The lowest BCUT2D eigenvalue weighted by Crippen LogP contribution is -2.62. The molecule has 194 valence electrons. The summed E-state index contributed by atoms with van der Waals surface area (Å²) in [6.45, 7) is 2.65. The number of piperidine rings is 1. The van der Waals surface area contributed by atoms with E-state index in [0.29, 0.717) is 22.2 Å². The van der Waals surface area contributed by atoms with Gasteiger partial charge in [-0.25, -0.2) is 9.78 Å². The van der Waals surface area contributed by atoms with Gasteiger partial charge in [-0.15, -0.1) is 0 Å². The van der Waals surface area contributed by atoms with Crippen molar-refractivity contribution in [3.8, 4) is 11.6 Å². The summed E-state index contributed by atoms with van der Waals surface area (Å²) in [5.74, 6) is 1.03. The molecule has 3 aliphatic heterocycles. The largest absolute Gasteiger partial charge is 0.439 e. The minimum absolute atomic E-state index is 0.0168. The van der Waals surface area contributed by atoms with Crippen LogP contribution in [0.15, 0.2) is 53.1 Å². The van der Waals surface area contributed by atoms with E-state index < -0.39 is 0 Å². The van der Waals surface area contributed by atoms with Crippen molar-refractivity contribution < 1.29 is 14.3 Å². The number of nitrogens with one attached hydrogen (secondary N) is 3. The summed E-state index contributed by atoms with van der Waals surface area (Å²) in [5, 5.41) is 9.80. The molecular weight excluding hydrogens is 488 g/mol. The number of hydrogen-bond acceptors (Lipinski definition) is 7. The Morgan fingerprint density at radius 2 is 1.97 bits per heavy atom. The van der Waals surface area contributed by atoms with Gasteiger partial charge in [0.25, 0.3) is 5.91 Å². The zero-order chi connectivity index (χ0) is 25.5. The molecule has 5 atom stereocenters. The van der Waals surface area contributed by atoms with E-state index in [0.717, 1.165) is 50.0 Å². The number of nitrogens with zero attached hydrogens (tertiary/aromatic N) is 2. The number of nitrogens with two attached hydrogens (primary N) is 1. The van der Waals surface area contributed by atoms with Crippen LogP contribution in [0.5, 0.6) is 11.6 Å². The van der Waals surface area contributed by atoms with Gasteiger partial charge in [0.1, 0.15) is 5.75 Å². The number of urea groups is 1. The molecule has 0 radical (unpaired) electrons. The van der Waals surface area contributed by atoms with Crippen LogP contribution in [0.2, 0.25) is 0 Å². The Kier molecular flexibility index (Phi) is 6.56. The fourth-order valence-corrected chi connectivity index (χ4v) is 7.33. The molecule has 1 aliphatic carbocycles. The number of benzene rings is 1. The van der Waals surface area contributed by atoms with Gasteiger partial charge >= 0.3 is 6.03 Å². The van der Waals surface area contributed by atoms with Crippen LogP contribution in [-0.2, 0) is 4.79 Å². The number of rotatable bonds is 5. The highest BCUT2D eigenvalue weighted by Crippen LogP contribution is 2.48. The normalized spacial score (nSPS) is 29.0. The molecule has 0 bridgehead atoms. The summed E-state index contributed by atoms with van der Waals surface area (Å²) in [7, 11) is 0. The molecule has 6 rings (SSSR count). The van der Waals surface area contributed by atoms with E-state index in [1.165, 1.54) is 11.8 Å². The van der Waals surface area contributed by atoms with E-state index in [1.54, 1.807) is 6.07 Å². The summed E-state index contributed by atoms with van der Waals surface area (Å²) in [5.41, 5.74) is 8.46.